The maximum absolute atomic E-state index is 10.3. The van der Waals surface area contributed by atoms with Gasteiger partial charge in [-0.1, -0.05) is 0 Å². The molecule has 2 aromatic heterocycles. The van der Waals surface area contributed by atoms with Crippen LogP contribution in [0.5, 0.6) is 17.2 Å². The van der Waals surface area contributed by atoms with E-state index < -0.39 is 0 Å². The molecule has 3 N–H and O–H groups in total. The third kappa shape index (κ3) is 2.23. The molecular weight excluding hydrogens is 306 g/mol. The average Bonchev–Trinajstić information content (AvgIpc) is 2.94. The van der Waals surface area contributed by atoms with Gasteiger partial charge >= 0.3 is 0 Å². The summed E-state index contributed by atoms with van der Waals surface area (Å²) in [6.07, 6.45) is 3.33. The van der Waals surface area contributed by atoms with Gasteiger partial charge in [-0.3, -0.25) is 4.98 Å². The first-order valence-corrected chi connectivity index (χ1v) is 7.32. The third-order valence-corrected chi connectivity index (χ3v) is 3.85. The number of phenolic OH excluding ortho intramolecular Hbond substituents is 3. The van der Waals surface area contributed by atoms with Crippen LogP contribution in [0, 0.1) is 0 Å². The zero-order valence-corrected chi connectivity index (χ0v) is 12.5. The summed E-state index contributed by atoms with van der Waals surface area (Å²) < 4.78 is 5.93. The number of aromatic hydroxyl groups is 3. The molecule has 5 heteroatoms. The Labute approximate surface area is 137 Å². The summed E-state index contributed by atoms with van der Waals surface area (Å²) in [6.45, 7) is 0. The number of hydrogen-bond donors (Lipinski definition) is 3. The molecule has 0 unspecified atom stereocenters. The van der Waals surface area contributed by atoms with Crippen molar-refractivity contribution in [1.82, 2.24) is 4.98 Å². The summed E-state index contributed by atoms with van der Waals surface area (Å²) in [5.74, 6) is 0.542. The number of nitrogens with zero attached hydrogens (tertiary/aromatic N) is 1. The van der Waals surface area contributed by atoms with Gasteiger partial charge in [0.05, 0.1) is 0 Å². The number of aromatic nitrogens is 1. The van der Waals surface area contributed by atoms with Crippen molar-refractivity contribution in [2.24, 2.45) is 0 Å². The molecule has 2 heterocycles. The maximum atomic E-state index is 10.3. The number of benzene rings is 2. The number of hydrogen-bond acceptors (Lipinski definition) is 5. The van der Waals surface area contributed by atoms with Crippen LogP contribution in [0.4, 0.5) is 0 Å². The first kappa shape index (κ1) is 14.1. The molecule has 24 heavy (non-hydrogen) atoms. The van der Waals surface area contributed by atoms with E-state index in [0.717, 1.165) is 10.9 Å². The van der Waals surface area contributed by atoms with E-state index in [2.05, 4.69) is 4.98 Å². The molecule has 0 aliphatic rings. The zero-order chi connectivity index (χ0) is 16.7. The molecule has 0 saturated heterocycles. The largest absolute Gasteiger partial charge is 0.508 e. The van der Waals surface area contributed by atoms with Crippen molar-refractivity contribution in [2.45, 2.75) is 0 Å². The van der Waals surface area contributed by atoms with Gasteiger partial charge in [0, 0.05) is 46.6 Å². The van der Waals surface area contributed by atoms with Gasteiger partial charge in [-0.25, -0.2) is 0 Å². The molecule has 0 aliphatic heterocycles. The van der Waals surface area contributed by atoms with Crippen molar-refractivity contribution in [1.29, 1.82) is 0 Å². The number of furan rings is 1. The summed E-state index contributed by atoms with van der Waals surface area (Å²) in [4.78, 5) is 4.11. The highest BCUT2D eigenvalue weighted by Gasteiger charge is 2.20. The number of pyridine rings is 1. The fourth-order valence-electron chi connectivity index (χ4n) is 2.78. The summed E-state index contributed by atoms with van der Waals surface area (Å²) in [5, 5.41) is 30.3. The van der Waals surface area contributed by atoms with Gasteiger partial charge in [0.25, 0.3) is 0 Å². The van der Waals surface area contributed by atoms with Crippen molar-refractivity contribution in [2.75, 3.05) is 0 Å². The van der Waals surface area contributed by atoms with Crippen LogP contribution in [0.1, 0.15) is 0 Å². The lowest BCUT2D eigenvalue weighted by Crippen LogP contribution is -1.83. The maximum Gasteiger partial charge on any atom is 0.144 e. The molecule has 0 saturated carbocycles. The predicted octanol–water partition coefficient (Wildman–Crippen LogP) is 4.28. The lowest BCUT2D eigenvalue weighted by atomic mass is 9.98. The SMILES string of the molecule is Oc1ccc(-c2c(-c3cccnc3)oc3cc(O)ccc23)c(O)c1. The summed E-state index contributed by atoms with van der Waals surface area (Å²) >= 11 is 0. The number of fused-ring (bicyclic) bond motifs is 1. The summed E-state index contributed by atoms with van der Waals surface area (Å²) in [7, 11) is 0. The van der Waals surface area contributed by atoms with Crippen LogP contribution in [0.3, 0.4) is 0 Å². The smallest absolute Gasteiger partial charge is 0.144 e. The Kier molecular flexibility index (Phi) is 3.13. The minimum absolute atomic E-state index is 0.0235. The lowest BCUT2D eigenvalue weighted by molar-refractivity contribution is 0.452. The standard InChI is InChI=1S/C19H13NO4/c21-12-3-5-14(16(23)8-12)18-15-6-4-13(22)9-17(15)24-19(18)11-2-1-7-20-10-11/h1-10,21-23H. The molecule has 0 bridgehead atoms. The van der Waals surface area contributed by atoms with Crippen molar-refractivity contribution >= 4 is 11.0 Å². The molecule has 5 nitrogen and oxygen atoms in total. The average molecular weight is 319 g/mol. The van der Waals surface area contributed by atoms with Gasteiger partial charge in [0.2, 0.25) is 0 Å². The minimum atomic E-state index is -0.0593. The fourth-order valence-corrected chi connectivity index (χ4v) is 2.78. The second-order valence-electron chi connectivity index (χ2n) is 5.43. The Morgan fingerprint density at radius 1 is 0.875 bits per heavy atom. The van der Waals surface area contributed by atoms with E-state index in [1.165, 1.54) is 18.2 Å². The van der Waals surface area contributed by atoms with Crippen LogP contribution in [0.2, 0.25) is 0 Å². The highest BCUT2D eigenvalue weighted by atomic mass is 16.3. The van der Waals surface area contributed by atoms with Gasteiger partial charge in [-0.05, 0) is 36.4 Å². The zero-order valence-electron chi connectivity index (χ0n) is 12.5. The molecular formula is C19H13NO4. The normalized spacial score (nSPS) is 11.0. The first-order chi connectivity index (χ1) is 11.6. The monoisotopic (exact) mass is 319 g/mol. The molecule has 0 amide bonds. The Morgan fingerprint density at radius 2 is 1.67 bits per heavy atom. The summed E-state index contributed by atoms with van der Waals surface area (Å²) in [6, 6.07) is 12.9. The topological polar surface area (TPSA) is 86.7 Å². The van der Waals surface area contributed by atoms with E-state index in [0.29, 0.717) is 22.5 Å². The molecule has 4 aromatic rings. The van der Waals surface area contributed by atoms with Crippen LogP contribution >= 0.6 is 0 Å². The lowest BCUT2D eigenvalue weighted by Gasteiger charge is -2.06. The Bertz CT molecular complexity index is 1040. The predicted molar refractivity (Wildman–Crippen MR) is 89.9 cm³/mol. The molecule has 0 fully saturated rings. The van der Waals surface area contributed by atoms with E-state index in [-0.39, 0.29) is 17.2 Å². The Hall–Kier alpha value is -3.47. The van der Waals surface area contributed by atoms with Gasteiger partial charge in [0.15, 0.2) is 0 Å². The Balaban J connectivity index is 2.08. The van der Waals surface area contributed by atoms with Crippen molar-refractivity contribution in [3.63, 3.8) is 0 Å². The molecule has 0 aliphatic carbocycles. The molecule has 0 radical (unpaired) electrons. The number of phenols is 3. The molecule has 0 atom stereocenters. The van der Waals surface area contributed by atoms with E-state index in [1.807, 2.05) is 6.07 Å². The quantitative estimate of drug-likeness (QED) is 0.513. The van der Waals surface area contributed by atoms with E-state index in [4.69, 9.17) is 4.42 Å². The van der Waals surface area contributed by atoms with Gasteiger partial charge in [-0.15, -0.1) is 0 Å². The van der Waals surface area contributed by atoms with Gasteiger partial charge in [-0.2, -0.15) is 0 Å². The van der Waals surface area contributed by atoms with Crippen molar-refractivity contribution in [3.05, 3.63) is 60.9 Å². The number of rotatable bonds is 2. The molecule has 118 valence electrons. The van der Waals surface area contributed by atoms with Gasteiger partial charge < -0.3 is 19.7 Å². The Morgan fingerprint density at radius 3 is 2.42 bits per heavy atom. The van der Waals surface area contributed by atoms with Crippen LogP contribution in [-0.4, -0.2) is 20.3 Å². The van der Waals surface area contributed by atoms with Crippen LogP contribution in [0.15, 0.2) is 65.3 Å². The van der Waals surface area contributed by atoms with E-state index in [9.17, 15) is 15.3 Å². The highest BCUT2D eigenvalue weighted by molar-refractivity contribution is 6.03. The molecule has 4 rings (SSSR count). The highest BCUT2D eigenvalue weighted by Crippen LogP contribution is 2.45. The molecule has 0 spiro atoms. The second kappa shape index (κ2) is 5.31. The minimum Gasteiger partial charge on any atom is -0.508 e. The van der Waals surface area contributed by atoms with Crippen molar-refractivity contribution in [3.8, 4) is 39.7 Å². The summed E-state index contributed by atoms with van der Waals surface area (Å²) in [5.41, 5.74) is 2.44. The third-order valence-electron chi connectivity index (χ3n) is 3.85. The van der Waals surface area contributed by atoms with Crippen molar-refractivity contribution < 1.29 is 19.7 Å². The van der Waals surface area contributed by atoms with Crippen LogP contribution < -0.4 is 0 Å². The first-order valence-electron chi connectivity index (χ1n) is 7.32. The van der Waals surface area contributed by atoms with E-state index in [1.54, 1.807) is 36.7 Å². The molecule has 2 aromatic carbocycles. The van der Waals surface area contributed by atoms with Crippen LogP contribution in [-0.2, 0) is 0 Å². The van der Waals surface area contributed by atoms with E-state index >= 15 is 0 Å². The fraction of sp³-hybridized carbons (Fsp3) is 0. The van der Waals surface area contributed by atoms with Crippen LogP contribution in [0.25, 0.3) is 33.4 Å². The second-order valence-corrected chi connectivity index (χ2v) is 5.43. The van der Waals surface area contributed by atoms with Gasteiger partial charge in [0.1, 0.15) is 28.6 Å².